The Morgan fingerprint density at radius 2 is 2.23 bits per heavy atom. The lowest BCUT2D eigenvalue weighted by Crippen LogP contribution is -2.28. The van der Waals surface area contributed by atoms with Crippen LogP contribution in [0.5, 0.6) is 0 Å². The zero-order chi connectivity index (χ0) is 10.1. The molecule has 0 saturated heterocycles. The van der Waals surface area contributed by atoms with E-state index in [0.29, 0.717) is 12.3 Å². The van der Waals surface area contributed by atoms with E-state index in [1.54, 1.807) is 0 Å². The van der Waals surface area contributed by atoms with E-state index >= 15 is 0 Å². The first-order valence-corrected chi connectivity index (χ1v) is 4.99. The van der Waals surface area contributed by atoms with Gasteiger partial charge in [-0.15, -0.1) is 0 Å². The van der Waals surface area contributed by atoms with Gasteiger partial charge in [-0.3, -0.25) is 4.90 Å². The van der Waals surface area contributed by atoms with Gasteiger partial charge in [-0.1, -0.05) is 31.5 Å². The monoisotopic (exact) mass is 200 g/mol. The minimum atomic E-state index is 0.586. The maximum Gasteiger partial charge on any atom is 0.0635 e. The third-order valence-electron chi connectivity index (χ3n) is 1.62. The Bertz CT molecular complexity index is 182. The zero-order valence-electron chi connectivity index (χ0n) is 8.33. The van der Waals surface area contributed by atoms with Gasteiger partial charge in [0.25, 0.3) is 0 Å². The Labute approximate surface area is 85.8 Å². The first kappa shape index (κ1) is 12.5. The lowest BCUT2D eigenvalue weighted by atomic mass is 10.2. The molecule has 0 aliphatic heterocycles. The SMILES string of the molecule is CC(C)CN(CC=CCl)CCC#N. The highest BCUT2D eigenvalue weighted by Gasteiger charge is 2.04. The number of nitriles is 1. The van der Waals surface area contributed by atoms with Crippen molar-refractivity contribution in [1.82, 2.24) is 4.90 Å². The van der Waals surface area contributed by atoms with E-state index in [0.717, 1.165) is 19.6 Å². The molecule has 0 fully saturated rings. The topological polar surface area (TPSA) is 27.0 Å². The molecule has 0 N–H and O–H groups in total. The van der Waals surface area contributed by atoms with Gasteiger partial charge in [0.15, 0.2) is 0 Å². The van der Waals surface area contributed by atoms with Gasteiger partial charge in [0.05, 0.1) is 6.07 Å². The maximum atomic E-state index is 8.45. The van der Waals surface area contributed by atoms with E-state index in [1.807, 2.05) is 6.08 Å². The molecule has 0 heterocycles. The largest absolute Gasteiger partial charge is 0.298 e. The van der Waals surface area contributed by atoms with Crippen molar-refractivity contribution in [2.75, 3.05) is 19.6 Å². The molecule has 0 aliphatic rings. The lowest BCUT2D eigenvalue weighted by molar-refractivity contribution is 0.274. The molecule has 3 heteroatoms. The van der Waals surface area contributed by atoms with Crippen LogP contribution in [0.25, 0.3) is 0 Å². The predicted molar refractivity (Wildman–Crippen MR) is 56.5 cm³/mol. The van der Waals surface area contributed by atoms with Gasteiger partial charge in [-0.25, -0.2) is 0 Å². The minimum Gasteiger partial charge on any atom is -0.298 e. The molecule has 74 valence electrons. The summed E-state index contributed by atoms with van der Waals surface area (Å²) in [4.78, 5) is 2.23. The molecular weight excluding hydrogens is 184 g/mol. The molecule has 0 atom stereocenters. The van der Waals surface area contributed by atoms with Crippen molar-refractivity contribution >= 4 is 11.6 Å². The lowest BCUT2D eigenvalue weighted by Gasteiger charge is -2.21. The minimum absolute atomic E-state index is 0.586. The zero-order valence-corrected chi connectivity index (χ0v) is 9.09. The molecule has 0 aromatic carbocycles. The molecule has 0 aromatic rings. The van der Waals surface area contributed by atoms with Crippen LogP contribution in [0.3, 0.4) is 0 Å². The highest BCUT2D eigenvalue weighted by molar-refractivity contribution is 6.25. The third-order valence-corrected chi connectivity index (χ3v) is 1.79. The molecule has 0 radical (unpaired) electrons. The van der Waals surface area contributed by atoms with E-state index in [1.165, 1.54) is 5.54 Å². The van der Waals surface area contributed by atoms with Crippen LogP contribution >= 0.6 is 11.6 Å². The fourth-order valence-corrected chi connectivity index (χ4v) is 1.25. The van der Waals surface area contributed by atoms with E-state index < -0.39 is 0 Å². The molecule has 0 amide bonds. The molecular formula is C10H17ClN2. The smallest absolute Gasteiger partial charge is 0.0635 e. The van der Waals surface area contributed by atoms with Crippen molar-refractivity contribution in [2.24, 2.45) is 5.92 Å². The highest BCUT2D eigenvalue weighted by atomic mass is 35.5. The summed E-state index contributed by atoms with van der Waals surface area (Å²) in [6.07, 6.45) is 2.49. The summed E-state index contributed by atoms with van der Waals surface area (Å²) >= 11 is 5.44. The molecule has 0 bridgehead atoms. The summed E-state index contributed by atoms with van der Waals surface area (Å²) in [5, 5.41) is 8.45. The Balaban J connectivity index is 3.81. The second-order valence-corrected chi connectivity index (χ2v) is 3.68. The Hall–Kier alpha value is -0.520. The fraction of sp³-hybridized carbons (Fsp3) is 0.700. The van der Waals surface area contributed by atoms with Crippen molar-refractivity contribution in [3.63, 3.8) is 0 Å². The Kier molecular flexibility index (Phi) is 7.77. The van der Waals surface area contributed by atoms with Crippen LogP contribution < -0.4 is 0 Å². The van der Waals surface area contributed by atoms with Crippen LogP contribution in [0.15, 0.2) is 11.6 Å². The summed E-state index contributed by atoms with van der Waals surface area (Å²) < 4.78 is 0. The van der Waals surface area contributed by atoms with Crippen molar-refractivity contribution in [3.05, 3.63) is 11.6 Å². The average Bonchev–Trinajstić information content (AvgIpc) is 2.09. The van der Waals surface area contributed by atoms with Crippen molar-refractivity contribution in [2.45, 2.75) is 20.3 Å². The predicted octanol–water partition coefficient (Wildman–Crippen LogP) is 2.61. The first-order valence-electron chi connectivity index (χ1n) is 4.55. The second-order valence-electron chi connectivity index (χ2n) is 3.42. The first-order chi connectivity index (χ1) is 6.20. The highest BCUT2D eigenvalue weighted by Crippen LogP contribution is 2.00. The van der Waals surface area contributed by atoms with Crippen LogP contribution in [0.4, 0.5) is 0 Å². The molecule has 13 heavy (non-hydrogen) atoms. The number of rotatable bonds is 6. The molecule has 2 nitrogen and oxygen atoms in total. The quantitative estimate of drug-likeness (QED) is 0.659. The average molecular weight is 201 g/mol. The summed E-state index contributed by atoms with van der Waals surface area (Å²) in [7, 11) is 0. The molecule has 0 rings (SSSR count). The van der Waals surface area contributed by atoms with Crippen molar-refractivity contribution < 1.29 is 0 Å². The molecule has 0 unspecified atom stereocenters. The normalized spacial score (nSPS) is 11.4. The van der Waals surface area contributed by atoms with Gasteiger partial charge in [-0.05, 0) is 5.92 Å². The van der Waals surface area contributed by atoms with E-state index in [4.69, 9.17) is 16.9 Å². The summed E-state index contributed by atoms with van der Waals surface area (Å²) in [6.45, 7) is 7.02. The Morgan fingerprint density at radius 3 is 2.69 bits per heavy atom. The van der Waals surface area contributed by atoms with Gasteiger partial charge in [0.1, 0.15) is 0 Å². The van der Waals surface area contributed by atoms with Crippen LogP contribution in [0.2, 0.25) is 0 Å². The van der Waals surface area contributed by atoms with Crippen molar-refractivity contribution in [3.8, 4) is 6.07 Å². The van der Waals surface area contributed by atoms with Crippen LogP contribution in [-0.2, 0) is 0 Å². The second kappa shape index (κ2) is 8.10. The summed E-state index contributed by atoms with van der Waals surface area (Å²) in [5.41, 5.74) is 1.53. The molecule has 0 aromatic heterocycles. The number of hydrogen-bond donors (Lipinski definition) is 0. The van der Waals surface area contributed by atoms with Gasteiger partial charge in [-0.2, -0.15) is 5.26 Å². The number of hydrogen-bond acceptors (Lipinski definition) is 2. The van der Waals surface area contributed by atoms with Gasteiger partial charge in [0, 0.05) is 31.6 Å². The van der Waals surface area contributed by atoms with E-state index in [2.05, 4.69) is 24.8 Å². The summed E-state index contributed by atoms with van der Waals surface area (Å²) in [6, 6.07) is 2.15. The third kappa shape index (κ3) is 7.83. The molecule has 0 aliphatic carbocycles. The summed E-state index contributed by atoms with van der Waals surface area (Å²) in [5.74, 6) is 0.627. The Morgan fingerprint density at radius 1 is 1.54 bits per heavy atom. The number of halogens is 1. The van der Waals surface area contributed by atoms with Gasteiger partial charge in [0.2, 0.25) is 0 Å². The van der Waals surface area contributed by atoms with Crippen LogP contribution in [0, 0.1) is 17.2 Å². The van der Waals surface area contributed by atoms with E-state index in [-0.39, 0.29) is 0 Å². The van der Waals surface area contributed by atoms with Crippen LogP contribution in [0.1, 0.15) is 20.3 Å². The number of nitrogens with zero attached hydrogens (tertiary/aromatic N) is 2. The van der Waals surface area contributed by atoms with Crippen molar-refractivity contribution in [1.29, 1.82) is 5.26 Å². The maximum absolute atomic E-state index is 8.45. The van der Waals surface area contributed by atoms with E-state index in [9.17, 15) is 0 Å². The fourth-order valence-electron chi connectivity index (χ4n) is 1.17. The van der Waals surface area contributed by atoms with Gasteiger partial charge >= 0.3 is 0 Å². The molecule has 0 saturated carbocycles. The van der Waals surface area contributed by atoms with Gasteiger partial charge < -0.3 is 0 Å². The molecule has 0 spiro atoms. The standard InChI is InChI=1S/C10H17ClN2/c1-10(2)9-13(7-3-5-11)8-4-6-12/h3,5,10H,4,7-9H2,1-2H3. The van der Waals surface area contributed by atoms with Crippen LogP contribution in [-0.4, -0.2) is 24.5 Å².